The van der Waals surface area contributed by atoms with E-state index in [0.29, 0.717) is 0 Å². The lowest BCUT2D eigenvalue weighted by molar-refractivity contribution is 1.14. The van der Waals surface area contributed by atoms with Crippen LogP contribution < -0.4 is 26.2 Å². The molecule has 5 aromatic carbocycles. The van der Waals surface area contributed by atoms with Gasteiger partial charge in [0.25, 0.3) is 0 Å². The number of anilines is 6. The van der Waals surface area contributed by atoms with Crippen molar-refractivity contribution in [2.75, 3.05) is 9.80 Å². The van der Waals surface area contributed by atoms with Crippen LogP contribution in [0.2, 0.25) is 0 Å². The van der Waals surface area contributed by atoms with Gasteiger partial charge in [-0.1, -0.05) is 82.8 Å². The Morgan fingerprint density at radius 1 is 0.478 bits per heavy atom. The van der Waals surface area contributed by atoms with Crippen molar-refractivity contribution in [3.63, 3.8) is 0 Å². The van der Waals surface area contributed by atoms with Crippen LogP contribution in [0.1, 0.15) is 27.8 Å². The van der Waals surface area contributed by atoms with Crippen molar-refractivity contribution < 1.29 is 0 Å². The fourth-order valence-corrected chi connectivity index (χ4v) is 8.26. The summed E-state index contributed by atoms with van der Waals surface area (Å²) in [5, 5.41) is 4.93. The van der Waals surface area contributed by atoms with Crippen LogP contribution in [0.15, 0.2) is 110 Å². The van der Waals surface area contributed by atoms with Gasteiger partial charge in [0.15, 0.2) is 0 Å². The second-order valence-corrected chi connectivity index (χ2v) is 13.1. The summed E-state index contributed by atoms with van der Waals surface area (Å²) >= 11 is 0. The van der Waals surface area contributed by atoms with E-state index in [9.17, 15) is 0 Å². The molecule has 9 rings (SSSR count). The maximum absolute atomic E-state index is 4.83. The number of hydrogen-bond acceptors (Lipinski definition) is 4. The van der Waals surface area contributed by atoms with Crippen LogP contribution in [0.5, 0.6) is 0 Å². The predicted octanol–water partition coefficient (Wildman–Crippen LogP) is 8.41. The first kappa shape index (κ1) is 26.9. The molecule has 0 amide bonds. The van der Waals surface area contributed by atoms with Gasteiger partial charge in [-0.25, -0.2) is 0 Å². The van der Waals surface area contributed by atoms with E-state index in [2.05, 4.69) is 141 Å². The van der Waals surface area contributed by atoms with Gasteiger partial charge in [0.1, 0.15) is 0 Å². The molecule has 46 heavy (non-hydrogen) atoms. The number of aromatic nitrogens is 2. The maximum atomic E-state index is 4.83. The Morgan fingerprint density at radius 3 is 1.83 bits per heavy atom. The molecule has 0 bridgehead atoms. The summed E-state index contributed by atoms with van der Waals surface area (Å²) in [4.78, 5) is 14.4. The molecule has 0 fully saturated rings. The van der Waals surface area contributed by atoms with Crippen molar-refractivity contribution in [1.82, 2.24) is 9.97 Å². The summed E-state index contributed by atoms with van der Waals surface area (Å²) in [5.74, 6) is 0. The molecular formula is C41H33BN4. The molecule has 0 spiro atoms. The Bertz CT molecular complexity index is 2390. The minimum Gasteiger partial charge on any atom is -0.306 e. The van der Waals surface area contributed by atoms with E-state index in [0.717, 1.165) is 34.0 Å². The third kappa shape index (κ3) is 3.75. The van der Waals surface area contributed by atoms with Crippen molar-refractivity contribution in [2.24, 2.45) is 0 Å². The minimum atomic E-state index is 0.0363. The van der Waals surface area contributed by atoms with Crippen LogP contribution in [-0.4, -0.2) is 16.7 Å². The van der Waals surface area contributed by atoms with Gasteiger partial charge in [-0.05, 0) is 102 Å². The van der Waals surface area contributed by atoms with Crippen molar-refractivity contribution >= 4 is 78.8 Å². The van der Waals surface area contributed by atoms with E-state index in [4.69, 9.17) is 4.98 Å². The number of benzene rings is 5. The van der Waals surface area contributed by atoms with E-state index in [1.807, 2.05) is 18.6 Å². The number of aryl methyl sites for hydroxylation is 5. The van der Waals surface area contributed by atoms with E-state index in [1.165, 1.54) is 65.9 Å². The van der Waals surface area contributed by atoms with Gasteiger partial charge in [0.2, 0.25) is 6.71 Å². The third-order valence-electron chi connectivity index (χ3n) is 9.96. The van der Waals surface area contributed by atoms with Gasteiger partial charge in [0, 0.05) is 12.4 Å². The number of rotatable bonds is 2. The molecule has 7 aromatic rings. The van der Waals surface area contributed by atoms with E-state index < -0.39 is 0 Å². The first-order valence-corrected chi connectivity index (χ1v) is 16.0. The van der Waals surface area contributed by atoms with Crippen LogP contribution in [0.3, 0.4) is 0 Å². The Morgan fingerprint density at radius 2 is 1.11 bits per heavy atom. The lowest BCUT2D eigenvalue weighted by Gasteiger charge is -2.46. The molecule has 2 aromatic heterocycles. The fraction of sp³-hybridized carbons (Fsp3) is 0.122. The van der Waals surface area contributed by atoms with Crippen LogP contribution in [0.4, 0.5) is 34.1 Å². The molecule has 0 saturated heterocycles. The highest BCUT2D eigenvalue weighted by Gasteiger charge is 2.44. The normalized spacial score (nSPS) is 13.2. The average molecular weight is 593 g/mol. The molecule has 0 N–H and O–H groups in total. The van der Waals surface area contributed by atoms with Crippen molar-refractivity contribution in [3.8, 4) is 0 Å². The molecule has 0 unspecified atom stereocenters. The smallest absolute Gasteiger partial charge is 0.248 e. The fourth-order valence-electron chi connectivity index (χ4n) is 8.26. The lowest BCUT2D eigenvalue weighted by Crippen LogP contribution is -2.60. The number of hydrogen-bond donors (Lipinski definition) is 0. The molecule has 220 valence electrons. The quantitative estimate of drug-likeness (QED) is 0.189. The van der Waals surface area contributed by atoms with Crippen LogP contribution in [0, 0.1) is 34.6 Å². The standard InChI is InChI=1S/C41H33BN4/c1-24-14-26(3)38(27(4)15-24)42-39-28(5)21-44-23-37(39)46-35-18-30-11-7-6-10-29(30)17-34(35)45(32-16-25(2)20-43-22-32)36-19-31-12-8-9-13-33(31)40(42)41(36)46/h6-23H,1-5H3. The zero-order chi connectivity index (χ0) is 31.3. The molecule has 2 aliphatic rings. The van der Waals surface area contributed by atoms with Gasteiger partial charge in [-0.2, -0.15) is 0 Å². The topological polar surface area (TPSA) is 32.3 Å². The first-order valence-electron chi connectivity index (χ1n) is 16.0. The SMILES string of the molecule is Cc1cncc(N2c3cc4ccccc4cc3N3c4cncc(C)c4B(c4c(C)cc(C)cc4C)c4c3c2cc2ccccc42)c1. The molecule has 0 radical (unpaired) electrons. The Balaban J connectivity index is 1.50. The van der Waals surface area contributed by atoms with Gasteiger partial charge in [-0.3, -0.25) is 9.97 Å². The largest absolute Gasteiger partial charge is 0.306 e. The van der Waals surface area contributed by atoms with Gasteiger partial charge >= 0.3 is 0 Å². The summed E-state index contributed by atoms with van der Waals surface area (Å²) in [6.07, 6.45) is 8.05. The zero-order valence-corrected chi connectivity index (χ0v) is 26.8. The summed E-state index contributed by atoms with van der Waals surface area (Å²) in [7, 11) is 0. The lowest BCUT2D eigenvalue weighted by atomic mass is 9.32. The Kier molecular flexibility index (Phi) is 5.73. The van der Waals surface area contributed by atoms with Gasteiger partial charge in [-0.15, -0.1) is 0 Å². The Labute approximate surface area is 270 Å². The van der Waals surface area contributed by atoms with Gasteiger partial charge < -0.3 is 9.80 Å². The van der Waals surface area contributed by atoms with E-state index in [-0.39, 0.29) is 6.71 Å². The maximum Gasteiger partial charge on any atom is 0.248 e. The Hall–Kier alpha value is -5.42. The first-order chi connectivity index (χ1) is 22.4. The van der Waals surface area contributed by atoms with Crippen LogP contribution >= 0.6 is 0 Å². The average Bonchev–Trinajstić information content (AvgIpc) is 3.04. The van der Waals surface area contributed by atoms with E-state index in [1.54, 1.807) is 0 Å². The van der Waals surface area contributed by atoms with Crippen LogP contribution in [0.25, 0.3) is 21.5 Å². The molecular weight excluding hydrogens is 559 g/mol. The number of pyridine rings is 2. The highest BCUT2D eigenvalue weighted by Crippen LogP contribution is 2.56. The van der Waals surface area contributed by atoms with Gasteiger partial charge in [0.05, 0.1) is 46.5 Å². The molecule has 0 aliphatic carbocycles. The zero-order valence-electron chi connectivity index (χ0n) is 26.8. The molecule has 2 aliphatic heterocycles. The highest BCUT2D eigenvalue weighted by atomic mass is 15.3. The summed E-state index contributed by atoms with van der Waals surface area (Å²) < 4.78 is 0. The van der Waals surface area contributed by atoms with Crippen LogP contribution in [-0.2, 0) is 0 Å². The summed E-state index contributed by atoms with van der Waals surface area (Å²) in [5.41, 5.74) is 17.2. The second-order valence-electron chi connectivity index (χ2n) is 13.1. The second kappa shape index (κ2) is 9.79. The number of fused-ring (bicyclic) bond motifs is 7. The van der Waals surface area contributed by atoms with Crippen molar-refractivity contribution in [2.45, 2.75) is 34.6 Å². The van der Waals surface area contributed by atoms with Crippen molar-refractivity contribution in [3.05, 3.63) is 138 Å². The molecule has 0 atom stereocenters. The molecule has 0 saturated carbocycles. The van der Waals surface area contributed by atoms with Crippen molar-refractivity contribution in [1.29, 1.82) is 0 Å². The van der Waals surface area contributed by atoms with E-state index >= 15 is 0 Å². The predicted molar refractivity (Wildman–Crippen MR) is 195 cm³/mol. The molecule has 5 heteroatoms. The summed E-state index contributed by atoms with van der Waals surface area (Å²) in [6.45, 7) is 11.1. The molecule has 4 heterocycles. The monoisotopic (exact) mass is 592 g/mol. The minimum absolute atomic E-state index is 0.0363. The third-order valence-corrected chi connectivity index (χ3v) is 9.96. The summed E-state index contributed by atoms with van der Waals surface area (Å²) in [6, 6.07) is 31.6. The molecule has 4 nitrogen and oxygen atoms in total. The highest BCUT2D eigenvalue weighted by molar-refractivity contribution is 7.00. The number of nitrogens with zero attached hydrogens (tertiary/aromatic N) is 4.